The van der Waals surface area contributed by atoms with Crippen LogP contribution < -0.4 is 0 Å². The molecule has 1 unspecified atom stereocenters. The van der Waals surface area contributed by atoms with Crippen molar-refractivity contribution in [3.8, 4) is 5.75 Å². The number of rotatable bonds is 3. The van der Waals surface area contributed by atoms with Gasteiger partial charge in [-0.3, -0.25) is 0 Å². The molecule has 1 atom stereocenters. The molecule has 0 fully saturated rings. The second kappa shape index (κ2) is 8.80. The van der Waals surface area contributed by atoms with Gasteiger partial charge in [-0.2, -0.15) is 0 Å². The van der Waals surface area contributed by atoms with Crippen LogP contribution in [0.5, 0.6) is 5.75 Å². The van der Waals surface area contributed by atoms with Gasteiger partial charge in [-0.05, 0) is 42.5 Å². The van der Waals surface area contributed by atoms with E-state index in [2.05, 4.69) is 13.0 Å². The topological polar surface area (TPSA) is 29.5 Å². The molecule has 2 nitrogen and oxygen atoms in total. The van der Waals surface area contributed by atoms with Crippen LogP contribution in [0.3, 0.4) is 0 Å². The first kappa shape index (κ1) is 17.8. The zero-order valence-corrected chi connectivity index (χ0v) is 15.0. The van der Waals surface area contributed by atoms with Crippen molar-refractivity contribution in [3.63, 3.8) is 0 Å². The van der Waals surface area contributed by atoms with E-state index in [1.807, 2.05) is 12.1 Å². The van der Waals surface area contributed by atoms with Gasteiger partial charge in [-0.15, -0.1) is 0 Å². The average molecular weight is 470 g/mol. The Morgan fingerprint density at radius 3 is 2.44 bits per heavy atom. The number of aromatic hydroxyl groups is 1. The van der Waals surface area contributed by atoms with E-state index < -0.39 is 0 Å². The molecule has 0 heterocycles. The van der Waals surface area contributed by atoms with Gasteiger partial charge < -0.3 is 24.2 Å². The zero-order valence-electron chi connectivity index (χ0n) is 10.9. The number of hydrogen-bond donors (Lipinski definition) is 1. The third-order valence-corrected chi connectivity index (χ3v) is 2.95. The van der Waals surface area contributed by atoms with Crippen molar-refractivity contribution < 1.29 is 41.0 Å². The van der Waals surface area contributed by atoms with Crippen molar-refractivity contribution in [2.45, 2.75) is 25.4 Å². The van der Waals surface area contributed by atoms with E-state index in [9.17, 15) is 5.11 Å². The van der Waals surface area contributed by atoms with E-state index in [0.717, 1.165) is 19.3 Å². The average Bonchev–Trinajstić information content (AvgIpc) is 2.32. The molecule has 1 aromatic carbocycles. The van der Waals surface area contributed by atoms with Gasteiger partial charge in [0.25, 0.3) is 0 Å². The first-order valence-electron chi connectivity index (χ1n) is 5.69. The maximum Gasteiger partial charge on any atom is 2.00 e. The second-order valence-electron chi connectivity index (χ2n) is 4.04. The maximum atomic E-state index is 9.22. The number of hydrogen-bond acceptors (Lipinski definition) is 2. The summed E-state index contributed by atoms with van der Waals surface area (Å²) in [7, 11) is 0. The molecule has 0 amide bonds. The van der Waals surface area contributed by atoms with Gasteiger partial charge in [0.1, 0.15) is 5.75 Å². The third-order valence-electron chi connectivity index (χ3n) is 2.95. The fourth-order valence-electron chi connectivity index (χ4n) is 2.07. The Hall–Kier alpha value is -0.228. The Morgan fingerprint density at radius 1 is 1.28 bits per heavy atom. The van der Waals surface area contributed by atoms with E-state index in [-0.39, 0.29) is 38.5 Å². The molecule has 0 radical (unpaired) electrons. The minimum absolute atomic E-state index is 0. The normalized spacial score (nSPS) is 18.3. The van der Waals surface area contributed by atoms with Gasteiger partial charge >= 0.3 is 31.1 Å². The van der Waals surface area contributed by atoms with E-state index in [1.54, 1.807) is 12.1 Å². The fourth-order valence-corrected chi connectivity index (χ4v) is 2.07. The van der Waals surface area contributed by atoms with Gasteiger partial charge in [0.15, 0.2) is 0 Å². The second-order valence-corrected chi connectivity index (χ2v) is 4.04. The largest absolute Gasteiger partial charge is 2.00 e. The fraction of sp³-hybridized carbons (Fsp3) is 0.333. The van der Waals surface area contributed by atoms with E-state index in [0.29, 0.717) is 18.5 Å². The van der Waals surface area contributed by atoms with Crippen LogP contribution in [0.15, 0.2) is 30.3 Å². The number of phenolic OH excluding ortho intramolecular Hbond substituents is 1. The van der Waals surface area contributed by atoms with Crippen molar-refractivity contribution in [1.29, 1.82) is 0 Å². The molecule has 0 bridgehead atoms. The molecule has 1 aliphatic carbocycles. The molecule has 1 aliphatic rings. The molecule has 3 heteroatoms. The van der Waals surface area contributed by atoms with Gasteiger partial charge in [-0.1, -0.05) is 24.8 Å². The van der Waals surface area contributed by atoms with Gasteiger partial charge in [-0.25, -0.2) is 0 Å². The van der Waals surface area contributed by atoms with Crippen LogP contribution in [0.2, 0.25) is 0 Å². The monoisotopic (exact) mass is 470 g/mol. The smallest absolute Gasteiger partial charge is 0.508 e. The molecular formula is C15H20O2U. The summed E-state index contributed by atoms with van der Waals surface area (Å²) in [6, 6.07) is 7.39. The molecule has 0 spiro atoms. The molecule has 1 N–H and O–H groups in total. The predicted octanol–water partition coefficient (Wildman–Crippen LogP) is 3.63. The van der Waals surface area contributed by atoms with E-state index in [4.69, 9.17) is 4.74 Å². The summed E-state index contributed by atoms with van der Waals surface area (Å²) in [6.07, 6.45) is 5.62. The molecule has 2 rings (SSSR count). The quantitative estimate of drug-likeness (QED) is 0.684. The summed E-state index contributed by atoms with van der Waals surface area (Å²) < 4.78 is 5.49. The predicted molar refractivity (Wildman–Crippen MR) is 71.4 cm³/mol. The third kappa shape index (κ3) is 4.80. The minimum atomic E-state index is 0. The number of allylic oxidation sites excluding steroid dienone is 1. The molecule has 0 saturated carbocycles. The van der Waals surface area contributed by atoms with Gasteiger partial charge in [0.2, 0.25) is 0 Å². The number of ether oxygens (including phenoxy) is 1. The van der Waals surface area contributed by atoms with Crippen molar-refractivity contribution in [3.05, 3.63) is 50.3 Å². The summed E-state index contributed by atoms with van der Waals surface area (Å²) in [6.45, 7) is 4.24. The van der Waals surface area contributed by atoms with Crippen molar-refractivity contribution in [2.75, 3.05) is 6.61 Å². The van der Waals surface area contributed by atoms with Crippen LogP contribution >= 0.6 is 0 Å². The van der Waals surface area contributed by atoms with Crippen LogP contribution in [0, 0.1) is 45.5 Å². The molecule has 0 aromatic heterocycles. The molecule has 18 heavy (non-hydrogen) atoms. The van der Waals surface area contributed by atoms with Crippen molar-refractivity contribution >= 4 is 5.57 Å². The van der Waals surface area contributed by atoms with Crippen LogP contribution in [-0.2, 0) is 4.74 Å². The Balaban J connectivity index is 0.00000144. The summed E-state index contributed by atoms with van der Waals surface area (Å²) >= 11 is 0. The SMILES string of the molecule is [CH2-]COC1CC=C(c2ccc(O)cc2)CC1.[CH3-].[U+2]. The molecule has 96 valence electrons. The Kier molecular flexibility index (Phi) is 8.69. The zero-order chi connectivity index (χ0) is 11.4. The molecule has 0 aliphatic heterocycles. The van der Waals surface area contributed by atoms with E-state index >= 15 is 0 Å². The maximum absolute atomic E-state index is 9.22. The Morgan fingerprint density at radius 2 is 1.94 bits per heavy atom. The first-order valence-corrected chi connectivity index (χ1v) is 5.69. The summed E-state index contributed by atoms with van der Waals surface area (Å²) in [5, 5.41) is 9.22. The Labute approximate surface area is 134 Å². The summed E-state index contributed by atoms with van der Waals surface area (Å²) in [5.41, 5.74) is 2.55. The number of benzene rings is 1. The van der Waals surface area contributed by atoms with Crippen molar-refractivity contribution in [2.24, 2.45) is 0 Å². The van der Waals surface area contributed by atoms with Crippen LogP contribution in [0.25, 0.3) is 5.57 Å². The van der Waals surface area contributed by atoms with Crippen LogP contribution in [-0.4, -0.2) is 17.8 Å². The first-order chi connectivity index (χ1) is 7.79. The molecule has 1 aromatic rings. The van der Waals surface area contributed by atoms with Gasteiger partial charge in [0.05, 0.1) is 6.10 Å². The summed E-state index contributed by atoms with van der Waals surface area (Å²) in [4.78, 5) is 0. The van der Waals surface area contributed by atoms with Crippen LogP contribution in [0.1, 0.15) is 24.8 Å². The molecular weight excluding hydrogens is 450 g/mol. The summed E-state index contributed by atoms with van der Waals surface area (Å²) in [5.74, 6) is 0.318. The number of phenols is 1. The van der Waals surface area contributed by atoms with Crippen molar-refractivity contribution in [1.82, 2.24) is 0 Å². The minimum Gasteiger partial charge on any atom is -0.508 e. The van der Waals surface area contributed by atoms with Crippen LogP contribution in [0.4, 0.5) is 0 Å². The van der Waals surface area contributed by atoms with Gasteiger partial charge in [0, 0.05) is 0 Å². The standard InChI is InChI=1S/C14H17O2.CH3.U/c1-2-16-14-9-5-12(6-10-14)11-3-7-13(15)8-4-11;;/h3-5,7-8,14-15H,1-2,6,9-10H2;1H3;/q2*-1;+2. The Bertz CT molecular complexity index is 371. The van der Waals surface area contributed by atoms with E-state index in [1.165, 1.54) is 11.1 Å². The molecule has 0 saturated heterocycles.